The van der Waals surface area contributed by atoms with E-state index in [2.05, 4.69) is 30.6 Å². The zero-order chi connectivity index (χ0) is 17.2. The Morgan fingerprint density at radius 3 is 2.22 bits per heavy atom. The summed E-state index contributed by atoms with van der Waals surface area (Å²) in [6.45, 7) is 2.14. The molecule has 0 bridgehead atoms. The number of hydrogen-bond donors (Lipinski definition) is 2. The summed E-state index contributed by atoms with van der Waals surface area (Å²) < 4.78 is 0. The Bertz CT molecular complexity index is 406. The minimum atomic E-state index is -0.694. The number of carboxylic acids is 1. The van der Waals surface area contributed by atoms with Crippen molar-refractivity contribution in [3.8, 4) is 23.7 Å². The molecule has 0 aromatic rings. The van der Waals surface area contributed by atoms with Crippen LogP contribution in [0.5, 0.6) is 0 Å². The van der Waals surface area contributed by atoms with Crippen molar-refractivity contribution >= 4 is 5.97 Å². The van der Waals surface area contributed by atoms with Gasteiger partial charge in [-0.1, -0.05) is 63.7 Å². The molecule has 23 heavy (non-hydrogen) atoms. The lowest BCUT2D eigenvalue weighted by Crippen LogP contribution is -2.01. The van der Waals surface area contributed by atoms with Crippen molar-refractivity contribution in [3.05, 3.63) is 0 Å². The number of aliphatic carboxylic acids is 1. The average Bonchev–Trinajstić information content (AvgIpc) is 2.51. The predicted octanol–water partition coefficient (Wildman–Crippen LogP) is 4.53. The van der Waals surface area contributed by atoms with Crippen LogP contribution in [0, 0.1) is 23.7 Å². The van der Waals surface area contributed by atoms with Crippen molar-refractivity contribution in [2.24, 2.45) is 0 Å². The van der Waals surface area contributed by atoms with Crippen LogP contribution >= 0.6 is 0 Å². The fourth-order valence-corrected chi connectivity index (χ4v) is 2.26. The summed E-state index contributed by atoms with van der Waals surface area (Å²) in [5, 5.41) is 18.1. The Balaban J connectivity index is 3.40. The SMILES string of the molecule is CCCCC[C@@H](O)C#CC#CCCCCCCCCCC(=O)O. The second-order valence-corrected chi connectivity index (χ2v) is 5.95. The first-order valence-corrected chi connectivity index (χ1v) is 9.05. The molecule has 0 fully saturated rings. The molecule has 0 spiro atoms. The molecule has 0 radical (unpaired) electrons. The number of aliphatic hydroxyl groups is 1. The fraction of sp³-hybridized carbons (Fsp3) is 0.750. The van der Waals surface area contributed by atoms with E-state index in [1.807, 2.05) is 0 Å². The van der Waals surface area contributed by atoms with Gasteiger partial charge in [-0.2, -0.15) is 0 Å². The van der Waals surface area contributed by atoms with Crippen molar-refractivity contribution in [2.45, 2.75) is 96.5 Å². The first-order chi connectivity index (χ1) is 11.2. The summed E-state index contributed by atoms with van der Waals surface area (Å²) in [4.78, 5) is 10.3. The lowest BCUT2D eigenvalue weighted by atomic mass is 10.1. The molecule has 0 aliphatic rings. The van der Waals surface area contributed by atoms with Gasteiger partial charge in [0.15, 0.2) is 0 Å². The van der Waals surface area contributed by atoms with E-state index in [9.17, 15) is 9.90 Å². The van der Waals surface area contributed by atoms with Crippen LogP contribution in [0.15, 0.2) is 0 Å². The summed E-state index contributed by atoms with van der Waals surface area (Å²) in [5.74, 6) is 10.7. The van der Waals surface area contributed by atoms with E-state index in [-0.39, 0.29) is 0 Å². The van der Waals surface area contributed by atoms with Crippen molar-refractivity contribution in [3.63, 3.8) is 0 Å². The van der Waals surface area contributed by atoms with Gasteiger partial charge >= 0.3 is 5.97 Å². The molecule has 0 unspecified atom stereocenters. The maximum absolute atomic E-state index is 10.3. The Morgan fingerprint density at radius 1 is 0.913 bits per heavy atom. The van der Waals surface area contributed by atoms with Crippen molar-refractivity contribution in [1.82, 2.24) is 0 Å². The molecule has 0 amide bonds. The van der Waals surface area contributed by atoms with Crippen LogP contribution < -0.4 is 0 Å². The van der Waals surface area contributed by atoms with Crippen LogP contribution in [-0.4, -0.2) is 22.3 Å². The summed E-state index contributed by atoms with van der Waals surface area (Å²) in [5.41, 5.74) is 0. The van der Waals surface area contributed by atoms with Crippen LogP contribution in [0.1, 0.15) is 90.4 Å². The van der Waals surface area contributed by atoms with Crippen molar-refractivity contribution in [1.29, 1.82) is 0 Å². The summed E-state index contributed by atoms with van der Waals surface area (Å²) in [6, 6.07) is 0. The molecule has 0 aliphatic carbocycles. The molecule has 3 nitrogen and oxygen atoms in total. The monoisotopic (exact) mass is 320 g/mol. The molecule has 0 aromatic heterocycles. The van der Waals surface area contributed by atoms with Crippen LogP contribution in [0.2, 0.25) is 0 Å². The number of carbonyl (C=O) groups is 1. The van der Waals surface area contributed by atoms with Gasteiger partial charge in [0, 0.05) is 12.8 Å². The highest BCUT2D eigenvalue weighted by Gasteiger charge is 1.97. The highest BCUT2D eigenvalue weighted by atomic mass is 16.4. The van der Waals surface area contributed by atoms with E-state index in [0.29, 0.717) is 6.42 Å². The van der Waals surface area contributed by atoms with Crippen molar-refractivity contribution < 1.29 is 15.0 Å². The minimum absolute atomic E-state index is 0.296. The molecular formula is C20H32O3. The molecule has 0 saturated heterocycles. The first-order valence-electron chi connectivity index (χ1n) is 9.05. The highest BCUT2D eigenvalue weighted by molar-refractivity contribution is 5.66. The molecule has 0 heterocycles. The standard InChI is InChI=1S/C20H32O3/c1-2-3-13-16-19(21)17-14-11-9-7-5-4-6-8-10-12-15-18-20(22)23/h19,21H,2-8,10,12-13,15-16,18H2,1H3,(H,22,23)/t19-/m1/s1. The van der Waals surface area contributed by atoms with Crippen LogP contribution in [0.25, 0.3) is 0 Å². The van der Waals surface area contributed by atoms with E-state index in [1.54, 1.807) is 0 Å². The first kappa shape index (κ1) is 21.6. The van der Waals surface area contributed by atoms with Crippen molar-refractivity contribution in [2.75, 3.05) is 0 Å². The molecular weight excluding hydrogens is 288 g/mol. The Morgan fingerprint density at radius 2 is 1.57 bits per heavy atom. The second kappa shape index (κ2) is 16.9. The Labute approximate surface area is 141 Å². The van der Waals surface area contributed by atoms with E-state index >= 15 is 0 Å². The van der Waals surface area contributed by atoms with Gasteiger partial charge in [-0.3, -0.25) is 4.79 Å². The van der Waals surface area contributed by atoms with E-state index < -0.39 is 12.1 Å². The van der Waals surface area contributed by atoms with E-state index in [1.165, 1.54) is 19.3 Å². The third kappa shape index (κ3) is 18.5. The maximum Gasteiger partial charge on any atom is 0.303 e. The lowest BCUT2D eigenvalue weighted by molar-refractivity contribution is -0.137. The molecule has 0 saturated carbocycles. The van der Waals surface area contributed by atoms with Gasteiger partial charge in [-0.15, -0.1) is 0 Å². The van der Waals surface area contributed by atoms with Gasteiger partial charge in [0.25, 0.3) is 0 Å². The molecule has 130 valence electrons. The van der Waals surface area contributed by atoms with Gasteiger partial charge in [-0.05, 0) is 37.5 Å². The minimum Gasteiger partial charge on any atom is -0.481 e. The molecule has 1 atom stereocenters. The largest absolute Gasteiger partial charge is 0.481 e. The molecule has 0 aromatic carbocycles. The van der Waals surface area contributed by atoms with Crippen LogP contribution in [0.4, 0.5) is 0 Å². The topological polar surface area (TPSA) is 57.5 Å². The number of hydrogen-bond acceptors (Lipinski definition) is 2. The third-order valence-electron chi connectivity index (χ3n) is 3.66. The second-order valence-electron chi connectivity index (χ2n) is 5.95. The third-order valence-corrected chi connectivity index (χ3v) is 3.66. The van der Waals surface area contributed by atoms with Gasteiger partial charge < -0.3 is 10.2 Å². The maximum atomic E-state index is 10.3. The quantitative estimate of drug-likeness (QED) is 0.387. The number of rotatable bonds is 13. The van der Waals surface area contributed by atoms with Crippen LogP contribution in [0.3, 0.4) is 0 Å². The van der Waals surface area contributed by atoms with Gasteiger partial charge in [0.05, 0.1) is 0 Å². The molecule has 0 aliphatic heterocycles. The predicted molar refractivity (Wildman–Crippen MR) is 94.9 cm³/mol. The van der Waals surface area contributed by atoms with Crippen LogP contribution in [-0.2, 0) is 4.79 Å². The number of unbranched alkanes of at least 4 members (excludes halogenated alkanes) is 9. The van der Waals surface area contributed by atoms with Gasteiger partial charge in [0.1, 0.15) is 6.10 Å². The molecule has 0 rings (SSSR count). The number of carboxylic acid groups (broad SMARTS) is 1. The average molecular weight is 320 g/mol. The van der Waals surface area contributed by atoms with Gasteiger partial charge in [-0.25, -0.2) is 0 Å². The van der Waals surface area contributed by atoms with E-state index in [4.69, 9.17) is 5.11 Å². The molecule has 2 N–H and O–H groups in total. The summed E-state index contributed by atoms with van der Waals surface area (Å²) >= 11 is 0. The normalized spacial score (nSPS) is 11.0. The highest BCUT2D eigenvalue weighted by Crippen LogP contribution is 2.09. The smallest absolute Gasteiger partial charge is 0.303 e. The summed E-state index contributed by atoms with van der Waals surface area (Å²) in [6.07, 6.45) is 12.3. The Hall–Kier alpha value is -1.45. The molecule has 3 heteroatoms. The van der Waals surface area contributed by atoms with E-state index in [0.717, 1.165) is 57.8 Å². The lowest BCUT2D eigenvalue weighted by Gasteiger charge is -2.00. The fourth-order valence-electron chi connectivity index (χ4n) is 2.26. The summed E-state index contributed by atoms with van der Waals surface area (Å²) in [7, 11) is 0. The zero-order valence-electron chi connectivity index (χ0n) is 14.6. The van der Waals surface area contributed by atoms with Gasteiger partial charge in [0.2, 0.25) is 0 Å². The number of aliphatic hydroxyl groups excluding tert-OH is 1. The zero-order valence-corrected chi connectivity index (χ0v) is 14.6. The Kier molecular flexibility index (Phi) is 15.8.